The van der Waals surface area contributed by atoms with Crippen molar-refractivity contribution >= 4 is 23.5 Å². The van der Waals surface area contributed by atoms with Gasteiger partial charge in [-0.05, 0) is 24.3 Å². The van der Waals surface area contributed by atoms with Crippen molar-refractivity contribution in [1.82, 2.24) is 0 Å². The van der Waals surface area contributed by atoms with Crippen molar-refractivity contribution < 1.29 is 17.6 Å². The molecular weight excluding hydrogens is 282 g/mol. The number of nitrogens with zero attached hydrogens (tertiary/aromatic N) is 1. The molecule has 2 aromatic carbocycles. The second-order valence-corrected chi connectivity index (χ2v) is 4.02. The lowest BCUT2D eigenvalue weighted by molar-refractivity contribution is 0.493. The van der Waals surface area contributed by atoms with Crippen LogP contribution in [-0.4, -0.2) is 6.21 Å². The molecule has 0 saturated heterocycles. The topological polar surface area (TPSA) is 12.4 Å². The van der Waals surface area contributed by atoms with Gasteiger partial charge in [-0.3, -0.25) is 4.99 Å². The molecule has 0 bridgehead atoms. The van der Waals surface area contributed by atoms with Crippen LogP contribution >= 0.6 is 11.6 Å². The Labute approximate surface area is 111 Å². The molecule has 0 aliphatic rings. The summed E-state index contributed by atoms with van der Waals surface area (Å²) in [6, 6.07) is 5.05. The van der Waals surface area contributed by atoms with Crippen LogP contribution in [0.2, 0.25) is 5.02 Å². The standard InChI is InChI=1S/C13H6ClF4N/c14-9-2-1-7(5-12(9)17)19-6-8-10(15)3-4-11(16)13(8)18/h1-6H/b19-6+. The van der Waals surface area contributed by atoms with Crippen molar-refractivity contribution in [2.75, 3.05) is 0 Å². The molecule has 0 spiro atoms. The highest BCUT2D eigenvalue weighted by Crippen LogP contribution is 2.21. The molecule has 2 rings (SSSR count). The molecule has 0 fully saturated rings. The summed E-state index contributed by atoms with van der Waals surface area (Å²) >= 11 is 5.47. The van der Waals surface area contributed by atoms with E-state index in [1.54, 1.807) is 0 Å². The fourth-order valence-corrected chi connectivity index (χ4v) is 1.48. The Morgan fingerprint density at radius 2 is 1.58 bits per heavy atom. The van der Waals surface area contributed by atoms with Gasteiger partial charge in [0, 0.05) is 12.3 Å². The molecule has 0 N–H and O–H groups in total. The van der Waals surface area contributed by atoms with Crippen LogP contribution in [0.3, 0.4) is 0 Å². The lowest BCUT2D eigenvalue weighted by atomic mass is 10.2. The van der Waals surface area contributed by atoms with E-state index in [9.17, 15) is 17.6 Å². The van der Waals surface area contributed by atoms with Gasteiger partial charge in [0.2, 0.25) is 0 Å². The first kappa shape index (κ1) is 13.5. The van der Waals surface area contributed by atoms with Gasteiger partial charge in [0.25, 0.3) is 0 Å². The van der Waals surface area contributed by atoms with E-state index in [1.165, 1.54) is 12.1 Å². The number of benzene rings is 2. The summed E-state index contributed by atoms with van der Waals surface area (Å²) in [6.07, 6.45) is 0.788. The fraction of sp³-hybridized carbons (Fsp3) is 0. The molecule has 0 heterocycles. The van der Waals surface area contributed by atoms with E-state index < -0.39 is 28.8 Å². The van der Waals surface area contributed by atoms with Crippen LogP contribution in [-0.2, 0) is 0 Å². The molecule has 19 heavy (non-hydrogen) atoms. The van der Waals surface area contributed by atoms with E-state index in [0.717, 1.165) is 18.3 Å². The highest BCUT2D eigenvalue weighted by Gasteiger charge is 2.11. The molecule has 0 radical (unpaired) electrons. The number of halogens is 5. The molecule has 0 amide bonds. The van der Waals surface area contributed by atoms with Crippen molar-refractivity contribution in [3.8, 4) is 0 Å². The first-order valence-corrected chi connectivity index (χ1v) is 5.49. The van der Waals surface area contributed by atoms with E-state index in [-0.39, 0.29) is 10.7 Å². The summed E-state index contributed by atoms with van der Waals surface area (Å²) in [6.45, 7) is 0. The number of hydrogen-bond donors (Lipinski definition) is 0. The molecule has 98 valence electrons. The zero-order chi connectivity index (χ0) is 14.0. The smallest absolute Gasteiger partial charge is 0.170 e. The maximum atomic E-state index is 13.3. The first-order valence-electron chi connectivity index (χ1n) is 5.11. The largest absolute Gasteiger partial charge is 0.256 e. The van der Waals surface area contributed by atoms with Crippen LogP contribution in [0, 0.1) is 23.3 Å². The zero-order valence-electron chi connectivity index (χ0n) is 9.30. The van der Waals surface area contributed by atoms with E-state index in [0.29, 0.717) is 6.07 Å². The van der Waals surface area contributed by atoms with Gasteiger partial charge in [0.1, 0.15) is 11.6 Å². The Bertz CT molecular complexity index is 655. The third kappa shape index (κ3) is 2.93. The first-order chi connectivity index (χ1) is 8.99. The quantitative estimate of drug-likeness (QED) is 0.433. The van der Waals surface area contributed by atoms with Crippen LogP contribution < -0.4 is 0 Å². The summed E-state index contributed by atoms with van der Waals surface area (Å²) in [5, 5.41) is -0.0953. The van der Waals surface area contributed by atoms with Crippen molar-refractivity contribution in [3.63, 3.8) is 0 Å². The van der Waals surface area contributed by atoms with Gasteiger partial charge in [-0.2, -0.15) is 0 Å². The summed E-state index contributed by atoms with van der Waals surface area (Å²) in [7, 11) is 0. The van der Waals surface area contributed by atoms with Gasteiger partial charge in [-0.25, -0.2) is 17.6 Å². The van der Waals surface area contributed by atoms with Crippen LogP contribution in [0.1, 0.15) is 5.56 Å². The van der Waals surface area contributed by atoms with Crippen LogP contribution in [0.4, 0.5) is 23.2 Å². The van der Waals surface area contributed by atoms with E-state index in [1.807, 2.05) is 0 Å². The van der Waals surface area contributed by atoms with Crippen LogP contribution in [0.15, 0.2) is 35.3 Å². The fourth-order valence-electron chi connectivity index (χ4n) is 1.37. The average molecular weight is 288 g/mol. The third-order valence-corrected chi connectivity index (χ3v) is 2.63. The highest BCUT2D eigenvalue weighted by atomic mass is 35.5. The second-order valence-electron chi connectivity index (χ2n) is 3.61. The lowest BCUT2D eigenvalue weighted by Crippen LogP contribution is -1.97. The monoisotopic (exact) mass is 287 g/mol. The lowest BCUT2D eigenvalue weighted by Gasteiger charge is -2.00. The Morgan fingerprint density at radius 1 is 0.895 bits per heavy atom. The number of hydrogen-bond acceptors (Lipinski definition) is 1. The van der Waals surface area contributed by atoms with Crippen LogP contribution in [0.25, 0.3) is 0 Å². The molecule has 0 aliphatic carbocycles. The van der Waals surface area contributed by atoms with Gasteiger partial charge < -0.3 is 0 Å². The van der Waals surface area contributed by atoms with E-state index in [4.69, 9.17) is 11.6 Å². The second kappa shape index (κ2) is 5.40. The molecule has 0 aromatic heterocycles. The molecule has 0 aliphatic heterocycles. The molecule has 0 atom stereocenters. The predicted molar refractivity (Wildman–Crippen MR) is 65.0 cm³/mol. The van der Waals surface area contributed by atoms with Crippen molar-refractivity contribution in [3.05, 3.63) is 64.2 Å². The summed E-state index contributed by atoms with van der Waals surface area (Å²) in [4.78, 5) is 3.67. The van der Waals surface area contributed by atoms with Crippen LogP contribution in [0.5, 0.6) is 0 Å². The van der Waals surface area contributed by atoms with E-state index >= 15 is 0 Å². The van der Waals surface area contributed by atoms with Gasteiger partial charge >= 0.3 is 0 Å². The summed E-state index contributed by atoms with van der Waals surface area (Å²) in [5.74, 6) is -4.21. The maximum absolute atomic E-state index is 13.3. The van der Waals surface area contributed by atoms with Gasteiger partial charge in [0.15, 0.2) is 11.6 Å². The average Bonchev–Trinajstić information content (AvgIpc) is 2.38. The minimum Gasteiger partial charge on any atom is -0.256 e. The molecule has 2 aromatic rings. The maximum Gasteiger partial charge on any atom is 0.170 e. The molecule has 6 heteroatoms. The minimum absolute atomic E-state index is 0.0953. The SMILES string of the molecule is Fc1cc(/N=C/c2c(F)ccc(F)c2F)ccc1Cl. The Kier molecular flexibility index (Phi) is 3.85. The van der Waals surface area contributed by atoms with Crippen molar-refractivity contribution in [1.29, 1.82) is 0 Å². The molecule has 0 unspecified atom stereocenters. The van der Waals surface area contributed by atoms with Gasteiger partial charge in [-0.15, -0.1) is 0 Å². The highest BCUT2D eigenvalue weighted by molar-refractivity contribution is 6.30. The third-order valence-electron chi connectivity index (χ3n) is 2.33. The zero-order valence-corrected chi connectivity index (χ0v) is 10.1. The van der Waals surface area contributed by atoms with E-state index in [2.05, 4.69) is 4.99 Å². The molecule has 0 saturated carbocycles. The normalized spacial score (nSPS) is 11.2. The minimum atomic E-state index is -1.35. The molecule has 1 nitrogen and oxygen atoms in total. The predicted octanol–water partition coefficient (Wildman–Crippen LogP) is 4.65. The summed E-state index contributed by atoms with van der Waals surface area (Å²) < 4.78 is 52.6. The van der Waals surface area contributed by atoms with Gasteiger partial charge in [-0.1, -0.05) is 11.6 Å². The van der Waals surface area contributed by atoms with Crippen molar-refractivity contribution in [2.45, 2.75) is 0 Å². The Morgan fingerprint density at radius 3 is 2.26 bits per heavy atom. The van der Waals surface area contributed by atoms with Gasteiger partial charge in [0.05, 0.1) is 16.3 Å². The van der Waals surface area contributed by atoms with Crippen molar-refractivity contribution in [2.24, 2.45) is 4.99 Å². The molecular formula is C13H6ClF4N. The Balaban J connectivity index is 2.37. The number of aliphatic imine (C=N–C) groups is 1. The number of rotatable bonds is 2. The Hall–Kier alpha value is -1.88. The summed E-state index contributed by atoms with van der Waals surface area (Å²) in [5.41, 5.74) is -0.527.